The molecule has 7 heteroatoms. The van der Waals surface area contributed by atoms with Gasteiger partial charge in [0.2, 0.25) is 10.0 Å². The van der Waals surface area contributed by atoms with Crippen LogP contribution in [0.3, 0.4) is 0 Å². The number of carbonyl (C=O) groups is 1. The molecule has 0 atom stereocenters. The van der Waals surface area contributed by atoms with Gasteiger partial charge in [0, 0.05) is 31.0 Å². The third-order valence-electron chi connectivity index (χ3n) is 5.50. The highest BCUT2D eigenvalue weighted by atomic mass is 32.2. The van der Waals surface area contributed by atoms with Crippen molar-refractivity contribution in [3.63, 3.8) is 0 Å². The van der Waals surface area contributed by atoms with Gasteiger partial charge in [-0.15, -0.1) is 0 Å². The van der Waals surface area contributed by atoms with E-state index in [-0.39, 0.29) is 5.91 Å². The number of hydrogen-bond acceptors (Lipinski definition) is 3. The zero-order chi connectivity index (χ0) is 20.5. The molecule has 1 aromatic heterocycles. The van der Waals surface area contributed by atoms with Gasteiger partial charge in [-0.1, -0.05) is 11.6 Å². The first-order chi connectivity index (χ1) is 13.2. The minimum absolute atomic E-state index is 0.0863. The van der Waals surface area contributed by atoms with Crippen LogP contribution in [0.4, 0.5) is 0 Å². The van der Waals surface area contributed by atoms with Crippen LogP contribution in [-0.2, 0) is 10.0 Å². The van der Waals surface area contributed by atoms with Crippen LogP contribution < -0.4 is 5.32 Å². The van der Waals surface area contributed by atoms with Gasteiger partial charge in [-0.2, -0.15) is 0 Å². The van der Waals surface area contributed by atoms with Crippen LogP contribution in [0.25, 0.3) is 5.69 Å². The minimum atomic E-state index is -3.12. The molecule has 1 N–H and O–H groups in total. The summed E-state index contributed by atoms with van der Waals surface area (Å²) in [6, 6.07) is 10.0. The van der Waals surface area contributed by atoms with Gasteiger partial charge in [0.05, 0.1) is 17.5 Å². The number of aryl methyl sites for hydroxylation is 3. The molecule has 1 amide bonds. The van der Waals surface area contributed by atoms with E-state index in [9.17, 15) is 13.2 Å². The highest BCUT2D eigenvalue weighted by Gasteiger charge is 2.25. The molecule has 2 aromatic rings. The fourth-order valence-electron chi connectivity index (χ4n) is 3.85. The number of benzene rings is 1. The van der Waals surface area contributed by atoms with E-state index in [1.807, 2.05) is 51.1 Å². The molecule has 1 aliphatic rings. The van der Waals surface area contributed by atoms with Gasteiger partial charge in [-0.05, 0) is 63.8 Å². The quantitative estimate of drug-likeness (QED) is 0.834. The zero-order valence-corrected chi connectivity index (χ0v) is 17.8. The Balaban J connectivity index is 1.71. The van der Waals surface area contributed by atoms with Crippen LogP contribution in [-0.4, -0.2) is 49.1 Å². The highest BCUT2D eigenvalue weighted by molar-refractivity contribution is 7.88. The van der Waals surface area contributed by atoms with Gasteiger partial charge in [0.25, 0.3) is 5.91 Å². The van der Waals surface area contributed by atoms with Gasteiger partial charge in [-0.25, -0.2) is 12.7 Å². The van der Waals surface area contributed by atoms with E-state index < -0.39 is 10.0 Å². The lowest BCUT2D eigenvalue weighted by molar-refractivity contribution is 0.0941. The fraction of sp³-hybridized carbons (Fsp3) is 0.476. The predicted octanol–water partition coefficient (Wildman–Crippen LogP) is 2.80. The maximum atomic E-state index is 13.0. The SMILES string of the molecule is Cc1ccc(-n2c(C)ccc2C)c(C(=O)NCC2CCN(S(C)(=O)=O)CC2)c1. The second-order valence-electron chi connectivity index (χ2n) is 7.79. The van der Waals surface area contributed by atoms with Crippen LogP contribution in [0, 0.1) is 26.7 Å². The van der Waals surface area contributed by atoms with Crippen molar-refractivity contribution in [3.8, 4) is 5.69 Å². The van der Waals surface area contributed by atoms with E-state index in [2.05, 4.69) is 9.88 Å². The normalized spacial score (nSPS) is 16.3. The largest absolute Gasteiger partial charge is 0.352 e. The van der Waals surface area contributed by atoms with Gasteiger partial charge in [0.1, 0.15) is 0 Å². The van der Waals surface area contributed by atoms with Crippen LogP contribution in [0.15, 0.2) is 30.3 Å². The summed E-state index contributed by atoms with van der Waals surface area (Å²) in [6.07, 6.45) is 2.78. The molecule has 0 spiro atoms. The monoisotopic (exact) mass is 403 g/mol. The highest BCUT2D eigenvalue weighted by Crippen LogP contribution is 2.23. The second kappa shape index (κ2) is 8.09. The molecule has 2 heterocycles. The van der Waals surface area contributed by atoms with Crippen molar-refractivity contribution in [2.24, 2.45) is 5.92 Å². The van der Waals surface area contributed by atoms with Crippen molar-refractivity contribution in [2.45, 2.75) is 33.6 Å². The standard InChI is InChI=1S/C21H29N3O3S/c1-15-5-8-20(24-16(2)6-7-17(24)3)19(13-15)21(25)22-14-18-9-11-23(12-10-18)28(4,26)27/h5-8,13,18H,9-12,14H2,1-4H3,(H,22,25). The van der Waals surface area contributed by atoms with Gasteiger partial charge >= 0.3 is 0 Å². The lowest BCUT2D eigenvalue weighted by Gasteiger charge is -2.30. The summed E-state index contributed by atoms with van der Waals surface area (Å²) in [5, 5.41) is 3.07. The molecule has 1 saturated heterocycles. The van der Waals surface area contributed by atoms with Crippen molar-refractivity contribution < 1.29 is 13.2 Å². The third kappa shape index (κ3) is 4.47. The number of nitrogens with one attached hydrogen (secondary N) is 1. The van der Waals surface area contributed by atoms with E-state index in [1.54, 1.807) is 0 Å². The summed E-state index contributed by atoms with van der Waals surface area (Å²) in [5.41, 5.74) is 4.76. The van der Waals surface area contributed by atoms with Gasteiger partial charge < -0.3 is 9.88 Å². The molecule has 1 aliphatic heterocycles. The zero-order valence-electron chi connectivity index (χ0n) is 17.0. The number of aromatic nitrogens is 1. The van der Waals surface area contributed by atoms with E-state index >= 15 is 0 Å². The number of nitrogens with zero attached hydrogens (tertiary/aromatic N) is 2. The Morgan fingerprint density at radius 1 is 1.07 bits per heavy atom. The molecule has 3 rings (SSSR count). The van der Waals surface area contributed by atoms with E-state index in [4.69, 9.17) is 0 Å². The van der Waals surface area contributed by atoms with Gasteiger partial charge in [0.15, 0.2) is 0 Å². The van der Waals surface area contributed by atoms with E-state index in [1.165, 1.54) is 10.6 Å². The fourth-order valence-corrected chi connectivity index (χ4v) is 4.73. The Hall–Kier alpha value is -2.12. The van der Waals surface area contributed by atoms with Crippen LogP contribution in [0.5, 0.6) is 0 Å². The molecule has 28 heavy (non-hydrogen) atoms. The topological polar surface area (TPSA) is 71.4 Å². The third-order valence-corrected chi connectivity index (χ3v) is 6.81. The predicted molar refractivity (Wildman–Crippen MR) is 111 cm³/mol. The van der Waals surface area contributed by atoms with Crippen molar-refractivity contribution >= 4 is 15.9 Å². The Labute approximate surface area is 167 Å². The summed E-state index contributed by atoms with van der Waals surface area (Å²) >= 11 is 0. The first-order valence-electron chi connectivity index (χ1n) is 9.66. The molecule has 0 aliphatic carbocycles. The molecule has 0 bridgehead atoms. The molecule has 1 fully saturated rings. The molecule has 152 valence electrons. The molecular formula is C21H29N3O3S. The van der Waals surface area contributed by atoms with Crippen molar-refractivity contribution in [1.82, 2.24) is 14.2 Å². The number of hydrogen-bond donors (Lipinski definition) is 1. The van der Waals surface area contributed by atoms with Crippen LogP contribution in [0.2, 0.25) is 0 Å². The lowest BCUT2D eigenvalue weighted by Crippen LogP contribution is -2.41. The Morgan fingerprint density at radius 2 is 1.68 bits per heavy atom. The number of amides is 1. The summed E-state index contributed by atoms with van der Waals surface area (Å²) in [7, 11) is -3.12. The van der Waals surface area contributed by atoms with E-state index in [0.29, 0.717) is 31.1 Å². The number of piperidine rings is 1. The molecule has 6 nitrogen and oxygen atoms in total. The lowest BCUT2D eigenvalue weighted by atomic mass is 9.98. The summed E-state index contributed by atoms with van der Waals surface area (Å²) in [5.74, 6) is 0.210. The Bertz CT molecular complexity index is 951. The summed E-state index contributed by atoms with van der Waals surface area (Å²) in [4.78, 5) is 13.0. The average molecular weight is 404 g/mol. The molecule has 0 saturated carbocycles. The van der Waals surface area contributed by atoms with Gasteiger partial charge in [-0.3, -0.25) is 4.79 Å². The number of carbonyl (C=O) groups excluding carboxylic acids is 1. The van der Waals surface area contributed by atoms with Crippen LogP contribution >= 0.6 is 0 Å². The molecule has 0 unspecified atom stereocenters. The van der Waals surface area contributed by atoms with Crippen molar-refractivity contribution in [2.75, 3.05) is 25.9 Å². The average Bonchev–Trinajstić information content (AvgIpc) is 2.98. The van der Waals surface area contributed by atoms with Crippen LogP contribution in [0.1, 0.15) is 40.2 Å². The summed E-state index contributed by atoms with van der Waals surface area (Å²) in [6.45, 7) is 7.66. The first kappa shape index (κ1) is 20.6. The molecule has 0 radical (unpaired) electrons. The summed E-state index contributed by atoms with van der Waals surface area (Å²) < 4.78 is 26.9. The molecular weight excluding hydrogens is 374 g/mol. The number of sulfonamides is 1. The number of rotatable bonds is 5. The Kier molecular flexibility index (Phi) is 5.95. The second-order valence-corrected chi connectivity index (χ2v) is 9.77. The molecule has 1 aromatic carbocycles. The first-order valence-corrected chi connectivity index (χ1v) is 11.5. The Morgan fingerprint density at radius 3 is 2.25 bits per heavy atom. The smallest absolute Gasteiger partial charge is 0.253 e. The van der Waals surface area contributed by atoms with Crippen molar-refractivity contribution in [1.29, 1.82) is 0 Å². The minimum Gasteiger partial charge on any atom is -0.352 e. The maximum absolute atomic E-state index is 13.0. The van der Waals surface area contributed by atoms with Crippen molar-refractivity contribution in [3.05, 3.63) is 52.8 Å². The van der Waals surface area contributed by atoms with E-state index in [0.717, 1.165) is 35.5 Å². The maximum Gasteiger partial charge on any atom is 0.253 e.